The molecule has 0 unspecified atom stereocenters. The highest BCUT2D eigenvalue weighted by Gasteiger charge is 2.15. The number of hydrogen-bond acceptors (Lipinski definition) is 4. The Balaban J connectivity index is 2.11. The van der Waals surface area contributed by atoms with Crippen molar-refractivity contribution in [2.45, 2.75) is 27.3 Å². The van der Waals surface area contributed by atoms with Gasteiger partial charge in [-0.1, -0.05) is 37.3 Å². The van der Waals surface area contributed by atoms with Crippen molar-refractivity contribution in [3.8, 4) is 11.4 Å². The molecule has 3 aromatic rings. The van der Waals surface area contributed by atoms with Gasteiger partial charge in [0.2, 0.25) is 0 Å². The Bertz CT molecular complexity index is 821. The summed E-state index contributed by atoms with van der Waals surface area (Å²) in [5.41, 5.74) is 4.41. The van der Waals surface area contributed by atoms with Gasteiger partial charge in [-0.3, -0.25) is 4.90 Å². The Kier molecular flexibility index (Phi) is 4.30. The van der Waals surface area contributed by atoms with E-state index in [0.717, 1.165) is 41.8 Å². The van der Waals surface area contributed by atoms with E-state index in [1.54, 1.807) is 4.68 Å². The lowest BCUT2D eigenvalue weighted by Gasteiger charge is -2.20. The van der Waals surface area contributed by atoms with Crippen LogP contribution >= 0.6 is 0 Å². The van der Waals surface area contributed by atoms with Crippen LogP contribution in [0.3, 0.4) is 0 Å². The van der Waals surface area contributed by atoms with Crippen LogP contribution < -0.4 is 0 Å². The number of aromatic nitrogens is 3. The van der Waals surface area contributed by atoms with Crippen LogP contribution in [0.15, 0.2) is 36.4 Å². The lowest BCUT2D eigenvalue weighted by molar-refractivity contribution is 0.290. The fourth-order valence-corrected chi connectivity index (χ4v) is 2.85. The molecule has 5 heteroatoms. The van der Waals surface area contributed by atoms with Crippen molar-refractivity contribution < 1.29 is 5.11 Å². The number of aryl methyl sites for hydroxylation is 1. The van der Waals surface area contributed by atoms with E-state index in [0.29, 0.717) is 5.69 Å². The van der Waals surface area contributed by atoms with Crippen molar-refractivity contribution in [3.05, 3.63) is 47.5 Å². The van der Waals surface area contributed by atoms with E-state index in [2.05, 4.69) is 29.1 Å². The molecule has 1 N–H and O–H groups in total. The first-order chi connectivity index (χ1) is 11.1. The number of aromatic hydroxyl groups is 1. The lowest BCUT2D eigenvalue weighted by atomic mass is 10.1. The molecule has 3 rings (SSSR count). The van der Waals surface area contributed by atoms with Crippen molar-refractivity contribution >= 4 is 11.0 Å². The third-order valence-corrected chi connectivity index (χ3v) is 4.18. The molecule has 0 aliphatic heterocycles. The zero-order valence-corrected chi connectivity index (χ0v) is 13.8. The van der Waals surface area contributed by atoms with Crippen LogP contribution in [0.2, 0.25) is 0 Å². The van der Waals surface area contributed by atoms with Crippen molar-refractivity contribution in [3.63, 3.8) is 0 Å². The molecule has 2 aromatic carbocycles. The first-order valence-electron chi connectivity index (χ1n) is 7.99. The van der Waals surface area contributed by atoms with Gasteiger partial charge in [-0.05, 0) is 43.8 Å². The van der Waals surface area contributed by atoms with Crippen LogP contribution in [0.1, 0.15) is 25.0 Å². The molecule has 0 bridgehead atoms. The van der Waals surface area contributed by atoms with Gasteiger partial charge in [-0.25, -0.2) is 4.68 Å². The van der Waals surface area contributed by atoms with Crippen LogP contribution in [-0.2, 0) is 6.54 Å². The van der Waals surface area contributed by atoms with Gasteiger partial charge in [-0.2, -0.15) is 0 Å². The van der Waals surface area contributed by atoms with E-state index in [4.69, 9.17) is 0 Å². The average Bonchev–Trinajstić information content (AvgIpc) is 2.99. The molecule has 0 saturated heterocycles. The van der Waals surface area contributed by atoms with Crippen LogP contribution in [0.5, 0.6) is 5.75 Å². The Morgan fingerprint density at radius 3 is 2.61 bits per heavy atom. The number of phenols is 1. The van der Waals surface area contributed by atoms with Crippen molar-refractivity contribution in [1.29, 1.82) is 0 Å². The zero-order valence-electron chi connectivity index (χ0n) is 13.8. The smallest absolute Gasteiger partial charge is 0.145 e. The monoisotopic (exact) mass is 310 g/mol. The summed E-state index contributed by atoms with van der Waals surface area (Å²) in [5.74, 6) is 0.276. The first kappa shape index (κ1) is 15.5. The maximum absolute atomic E-state index is 10.8. The minimum atomic E-state index is 0.276. The first-order valence-corrected chi connectivity index (χ1v) is 7.99. The molecular weight excluding hydrogens is 288 g/mol. The predicted octanol–water partition coefficient (Wildman–Crippen LogP) is 3.28. The molecule has 0 spiro atoms. The standard InChI is InChI=1S/C18H22N4O/c1-4-21(5-2)12-14-10-13(3)11-17(18(14)23)22-16-9-7-6-8-15(16)19-20-22/h6-11,23H,4-5,12H2,1-3H3. The van der Waals surface area contributed by atoms with Gasteiger partial charge in [0.25, 0.3) is 0 Å². The Labute approximate surface area is 136 Å². The summed E-state index contributed by atoms with van der Waals surface area (Å²) < 4.78 is 1.71. The normalized spacial score (nSPS) is 11.5. The minimum absolute atomic E-state index is 0.276. The molecule has 0 radical (unpaired) electrons. The maximum Gasteiger partial charge on any atom is 0.145 e. The lowest BCUT2D eigenvalue weighted by Crippen LogP contribution is -2.22. The molecule has 1 heterocycles. The summed E-state index contributed by atoms with van der Waals surface area (Å²) in [6.45, 7) is 8.91. The van der Waals surface area contributed by atoms with E-state index in [1.165, 1.54) is 0 Å². The summed E-state index contributed by atoms with van der Waals surface area (Å²) in [4.78, 5) is 2.28. The number of nitrogens with zero attached hydrogens (tertiary/aromatic N) is 4. The predicted molar refractivity (Wildman–Crippen MR) is 91.9 cm³/mol. The Morgan fingerprint density at radius 1 is 1.13 bits per heavy atom. The number of phenolic OH excluding ortho intramolecular Hbond substituents is 1. The van der Waals surface area contributed by atoms with E-state index >= 15 is 0 Å². The number of rotatable bonds is 5. The Hall–Kier alpha value is -2.40. The van der Waals surface area contributed by atoms with Gasteiger partial charge in [0.1, 0.15) is 17.0 Å². The van der Waals surface area contributed by atoms with Crippen molar-refractivity contribution in [2.24, 2.45) is 0 Å². The minimum Gasteiger partial charge on any atom is -0.505 e. The summed E-state index contributed by atoms with van der Waals surface area (Å²) in [6.07, 6.45) is 0. The summed E-state index contributed by atoms with van der Waals surface area (Å²) >= 11 is 0. The van der Waals surface area contributed by atoms with Crippen molar-refractivity contribution in [2.75, 3.05) is 13.1 Å². The summed E-state index contributed by atoms with van der Waals surface area (Å²) in [7, 11) is 0. The Morgan fingerprint density at radius 2 is 1.87 bits per heavy atom. The topological polar surface area (TPSA) is 54.2 Å². The quantitative estimate of drug-likeness (QED) is 0.786. The summed E-state index contributed by atoms with van der Waals surface area (Å²) in [5, 5.41) is 19.2. The van der Waals surface area contributed by atoms with Gasteiger partial charge >= 0.3 is 0 Å². The zero-order chi connectivity index (χ0) is 16.4. The highest BCUT2D eigenvalue weighted by atomic mass is 16.3. The van der Waals surface area contributed by atoms with Crippen molar-refractivity contribution in [1.82, 2.24) is 19.9 Å². The summed E-state index contributed by atoms with van der Waals surface area (Å²) in [6, 6.07) is 11.7. The van der Waals surface area contributed by atoms with E-state index in [9.17, 15) is 5.11 Å². The van der Waals surface area contributed by atoms with Gasteiger partial charge < -0.3 is 5.11 Å². The fourth-order valence-electron chi connectivity index (χ4n) is 2.85. The van der Waals surface area contributed by atoms with Gasteiger partial charge in [0.05, 0.1) is 5.52 Å². The molecule has 0 fully saturated rings. The third kappa shape index (κ3) is 2.92. The molecule has 0 amide bonds. The molecule has 0 aliphatic carbocycles. The number of para-hydroxylation sites is 1. The van der Waals surface area contributed by atoms with E-state index < -0.39 is 0 Å². The maximum atomic E-state index is 10.8. The number of hydrogen-bond donors (Lipinski definition) is 1. The molecule has 1 aromatic heterocycles. The van der Waals surface area contributed by atoms with Crippen LogP contribution in [0.4, 0.5) is 0 Å². The highest BCUT2D eigenvalue weighted by Crippen LogP contribution is 2.30. The molecule has 0 saturated carbocycles. The van der Waals surface area contributed by atoms with E-state index in [-0.39, 0.29) is 5.75 Å². The van der Waals surface area contributed by atoms with Crippen LogP contribution in [0, 0.1) is 6.92 Å². The van der Waals surface area contributed by atoms with Gasteiger partial charge in [0.15, 0.2) is 0 Å². The number of fused-ring (bicyclic) bond motifs is 1. The largest absolute Gasteiger partial charge is 0.505 e. The highest BCUT2D eigenvalue weighted by molar-refractivity contribution is 5.76. The average molecular weight is 310 g/mol. The van der Waals surface area contributed by atoms with E-state index in [1.807, 2.05) is 43.3 Å². The third-order valence-electron chi connectivity index (χ3n) is 4.18. The van der Waals surface area contributed by atoms with Gasteiger partial charge in [-0.15, -0.1) is 5.10 Å². The molecule has 23 heavy (non-hydrogen) atoms. The fraction of sp³-hybridized carbons (Fsp3) is 0.333. The second-order valence-corrected chi connectivity index (χ2v) is 5.74. The molecule has 0 atom stereocenters. The number of benzene rings is 2. The molecule has 120 valence electrons. The SMILES string of the molecule is CCN(CC)Cc1cc(C)cc(-n2nnc3ccccc32)c1O. The molecule has 5 nitrogen and oxygen atoms in total. The second kappa shape index (κ2) is 6.38. The molecular formula is C18H22N4O. The molecule has 0 aliphatic rings. The van der Waals surface area contributed by atoms with Crippen LogP contribution in [0.25, 0.3) is 16.7 Å². The second-order valence-electron chi connectivity index (χ2n) is 5.74. The van der Waals surface area contributed by atoms with Gasteiger partial charge in [0, 0.05) is 12.1 Å². The van der Waals surface area contributed by atoms with Crippen LogP contribution in [-0.4, -0.2) is 38.1 Å².